The highest BCUT2D eigenvalue weighted by Crippen LogP contribution is 2.29. The number of hydrogen-bond acceptors (Lipinski definition) is 5. The zero-order chi connectivity index (χ0) is 21.5. The van der Waals surface area contributed by atoms with E-state index < -0.39 is 11.8 Å². The number of carbonyl (C=O) groups excluding carboxylic acids is 2. The van der Waals surface area contributed by atoms with E-state index in [2.05, 4.69) is 31.8 Å². The normalized spacial score (nSPS) is 10.4. The van der Waals surface area contributed by atoms with Crippen molar-refractivity contribution < 1.29 is 14.3 Å². The van der Waals surface area contributed by atoms with Gasteiger partial charge in [-0.2, -0.15) is 0 Å². The minimum absolute atomic E-state index is 0.205. The number of aryl methyl sites for hydroxylation is 2. The number of hydrogen-bond donors (Lipinski definition) is 2. The van der Waals surface area contributed by atoms with E-state index in [0.29, 0.717) is 11.3 Å². The molecular weight excluding hydrogens is 466 g/mol. The van der Waals surface area contributed by atoms with E-state index in [0.717, 1.165) is 25.5 Å². The molecule has 30 heavy (non-hydrogen) atoms. The lowest BCUT2D eigenvalue weighted by Gasteiger charge is -2.12. The minimum atomic E-state index is -0.455. The van der Waals surface area contributed by atoms with Crippen molar-refractivity contribution in [3.05, 3.63) is 82.0 Å². The van der Waals surface area contributed by atoms with Gasteiger partial charge in [-0.25, -0.2) is 4.98 Å². The van der Waals surface area contributed by atoms with E-state index in [4.69, 9.17) is 4.74 Å². The molecule has 0 unspecified atom stereocenters. The van der Waals surface area contributed by atoms with E-state index in [1.807, 2.05) is 56.3 Å². The summed E-state index contributed by atoms with van der Waals surface area (Å²) in [7, 11) is 0. The molecule has 3 aromatic rings. The third kappa shape index (κ3) is 6.08. The summed E-state index contributed by atoms with van der Waals surface area (Å²) in [5.41, 5.74) is 7.23. The largest absolute Gasteiger partial charge is 0.483 e. The number of aromatic nitrogens is 1. The second-order valence-electron chi connectivity index (χ2n) is 6.47. The molecule has 0 fully saturated rings. The number of carbonyl (C=O) groups is 2. The molecule has 2 aromatic carbocycles. The van der Waals surface area contributed by atoms with Crippen LogP contribution in [0.2, 0.25) is 0 Å². The molecule has 0 bridgehead atoms. The van der Waals surface area contributed by atoms with E-state index in [1.165, 1.54) is 11.8 Å². The van der Waals surface area contributed by atoms with Gasteiger partial charge in [0.15, 0.2) is 6.61 Å². The van der Waals surface area contributed by atoms with Gasteiger partial charge in [-0.1, -0.05) is 36.0 Å². The van der Waals surface area contributed by atoms with Crippen LogP contribution in [0.15, 0.2) is 75.2 Å². The molecule has 0 saturated carbocycles. The summed E-state index contributed by atoms with van der Waals surface area (Å²) in [5.74, 6) is -0.237. The molecule has 6 nitrogen and oxygen atoms in total. The SMILES string of the molecule is Cc1ccc(C)c(OCC(=O)NNC(=O)c2ccccc2Sc2ccc(Br)cn2)c1. The second-order valence-corrected chi connectivity index (χ2v) is 8.45. The van der Waals surface area contributed by atoms with Gasteiger partial charge in [-0.3, -0.25) is 20.4 Å². The number of amides is 2. The van der Waals surface area contributed by atoms with Crippen molar-refractivity contribution in [1.82, 2.24) is 15.8 Å². The lowest BCUT2D eigenvalue weighted by atomic mass is 10.1. The fraction of sp³-hybridized carbons (Fsp3) is 0.136. The average molecular weight is 486 g/mol. The van der Waals surface area contributed by atoms with Crippen LogP contribution in [0, 0.1) is 13.8 Å². The van der Waals surface area contributed by atoms with Crippen LogP contribution < -0.4 is 15.6 Å². The standard InChI is InChI=1S/C22H20BrN3O3S/c1-14-7-8-15(2)18(11-14)29-13-20(27)25-26-22(28)17-5-3-4-6-19(17)30-21-10-9-16(23)12-24-21/h3-12H,13H2,1-2H3,(H,25,27)(H,26,28). The zero-order valence-electron chi connectivity index (χ0n) is 16.4. The van der Waals surface area contributed by atoms with Crippen LogP contribution in [0.1, 0.15) is 21.5 Å². The first kappa shape index (κ1) is 21.9. The molecule has 3 rings (SSSR count). The molecule has 0 radical (unpaired) electrons. The predicted molar refractivity (Wildman–Crippen MR) is 120 cm³/mol. The third-order valence-electron chi connectivity index (χ3n) is 4.06. The van der Waals surface area contributed by atoms with Crippen LogP contribution in [0.4, 0.5) is 0 Å². The average Bonchev–Trinajstić information content (AvgIpc) is 2.74. The Labute approximate surface area is 187 Å². The molecule has 154 valence electrons. The van der Waals surface area contributed by atoms with E-state index in [9.17, 15) is 9.59 Å². The number of halogens is 1. The maximum absolute atomic E-state index is 12.6. The molecule has 1 heterocycles. The summed E-state index contributed by atoms with van der Waals surface area (Å²) < 4.78 is 6.43. The van der Waals surface area contributed by atoms with Crippen LogP contribution in [-0.2, 0) is 4.79 Å². The highest BCUT2D eigenvalue weighted by molar-refractivity contribution is 9.10. The Morgan fingerprint density at radius 2 is 1.87 bits per heavy atom. The Kier molecular flexibility index (Phi) is 7.48. The highest BCUT2D eigenvalue weighted by atomic mass is 79.9. The summed E-state index contributed by atoms with van der Waals surface area (Å²) in [6.07, 6.45) is 1.70. The fourth-order valence-corrected chi connectivity index (χ4v) is 3.63. The summed E-state index contributed by atoms with van der Waals surface area (Å²) in [6, 6.07) is 16.6. The lowest BCUT2D eigenvalue weighted by molar-refractivity contribution is -0.123. The topological polar surface area (TPSA) is 80.3 Å². The first-order chi connectivity index (χ1) is 14.4. The first-order valence-electron chi connectivity index (χ1n) is 9.10. The van der Waals surface area contributed by atoms with E-state index in [-0.39, 0.29) is 6.61 Å². The van der Waals surface area contributed by atoms with Crippen molar-refractivity contribution in [1.29, 1.82) is 0 Å². The Bertz CT molecular complexity index is 1060. The summed E-state index contributed by atoms with van der Waals surface area (Å²) in [6.45, 7) is 3.65. The number of nitrogens with zero attached hydrogens (tertiary/aromatic N) is 1. The smallest absolute Gasteiger partial charge is 0.276 e. The van der Waals surface area contributed by atoms with Crippen LogP contribution in [-0.4, -0.2) is 23.4 Å². The Morgan fingerprint density at radius 3 is 2.63 bits per heavy atom. The van der Waals surface area contributed by atoms with Crippen LogP contribution in [0.3, 0.4) is 0 Å². The minimum Gasteiger partial charge on any atom is -0.483 e. The van der Waals surface area contributed by atoms with Crippen molar-refractivity contribution in [2.75, 3.05) is 6.61 Å². The summed E-state index contributed by atoms with van der Waals surface area (Å²) in [4.78, 5) is 29.7. The van der Waals surface area contributed by atoms with Gasteiger partial charge in [-0.05, 0) is 71.2 Å². The van der Waals surface area contributed by atoms with Crippen molar-refractivity contribution >= 4 is 39.5 Å². The number of nitrogens with one attached hydrogen (secondary N) is 2. The third-order valence-corrected chi connectivity index (χ3v) is 5.56. The number of pyridine rings is 1. The van der Waals surface area contributed by atoms with Crippen molar-refractivity contribution in [3.8, 4) is 5.75 Å². The van der Waals surface area contributed by atoms with Crippen LogP contribution in [0.25, 0.3) is 0 Å². The number of ether oxygens (including phenoxy) is 1. The second kappa shape index (κ2) is 10.3. The van der Waals surface area contributed by atoms with Gasteiger partial charge in [0, 0.05) is 15.6 Å². The lowest BCUT2D eigenvalue weighted by Crippen LogP contribution is -2.44. The van der Waals surface area contributed by atoms with Crippen molar-refractivity contribution in [2.45, 2.75) is 23.8 Å². The van der Waals surface area contributed by atoms with Gasteiger partial charge in [0.1, 0.15) is 10.8 Å². The van der Waals surface area contributed by atoms with E-state index >= 15 is 0 Å². The maximum atomic E-state index is 12.6. The summed E-state index contributed by atoms with van der Waals surface area (Å²) in [5, 5.41) is 0.754. The molecule has 0 aliphatic rings. The van der Waals surface area contributed by atoms with Gasteiger partial charge in [0.25, 0.3) is 11.8 Å². The van der Waals surface area contributed by atoms with E-state index in [1.54, 1.807) is 18.3 Å². The fourth-order valence-electron chi connectivity index (χ4n) is 2.51. The molecule has 0 spiro atoms. The molecule has 0 aliphatic heterocycles. The summed E-state index contributed by atoms with van der Waals surface area (Å²) >= 11 is 4.72. The monoisotopic (exact) mass is 485 g/mol. The molecule has 0 aliphatic carbocycles. The highest BCUT2D eigenvalue weighted by Gasteiger charge is 2.14. The molecule has 1 aromatic heterocycles. The molecule has 2 amide bonds. The van der Waals surface area contributed by atoms with Crippen molar-refractivity contribution in [2.24, 2.45) is 0 Å². The molecule has 8 heteroatoms. The first-order valence-corrected chi connectivity index (χ1v) is 10.7. The predicted octanol–water partition coefficient (Wildman–Crippen LogP) is 4.45. The van der Waals surface area contributed by atoms with Gasteiger partial charge < -0.3 is 4.74 Å². The molecule has 2 N–H and O–H groups in total. The Hall–Kier alpha value is -2.84. The molecule has 0 atom stereocenters. The zero-order valence-corrected chi connectivity index (χ0v) is 18.8. The number of benzene rings is 2. The Balaban J connectivity index is 1.57. The van der Waals surface area contributed by atoms with Crippen LogP contribution in [0.5, 0.6) is 5.75 Å². The maximum Gasteiger partial charge on any atom is 0.276 e. The van der Waals surface area contributed by atoms with Gasteiger partial charge in [0.05, 0.1) is 5.56 Å². The number of hydrazine groups is 1. The quantitative estimate of drug-likeness (QED) is 0.504. The number of rotatable bonds is 6. The molecular formula is C22H20BrN3O3S. The van der Waals surface area contributed by atoms with Crippen LogP contribution >= 0.6 is 27.7 Å². The van der Waals surface area contributed by atoms with Crippen molar-refractivity contribution in [3.63, 3.8) is 0 Å². The van der Waals surface area contributed by atoms with Gasteiger partial charge in [-0.15, -0.1) is 0 Å². The van der Waals surface area contributed by atoms with Gasteiger partial charge >= 0.3 is 0 Å². The Morgan fingerprint density at radius 1 is 1.07 bits per heavy atom. The van der Waals surface area contributed by atoms with Gasteiger partial charge in [0.2, 0.25) is 0 Å². The molecule has 0 saturated heterocycles.